The summed E-state index contributed by atoms with van der Waals surface area (Å²) in [6.45, 7) is 8.99. The molecular weight excluding hydrogens is 473 g/mol. The normalized spacial score (nSPS) is 16.3. The predicted molar refractivity (Wildman–Crippen MR) is 134 cm³/mol. The van der Waals surface area contributed by atoms with Gasteiger partial charge in [0, 0.05) is 26.2 Å². The number of aliphatic hydroxyl groups excluding tert-OH is 1. The summed E-state index contributed by atoms with van der Waals surface area (Å²) in [4.78, 5) is 3.98. The van der Waals surface area contributed by atoms with E-state index >= 15 is 0 Å². The summed E-state index contributed by atoms with van der Waals surface area (Å²) in [5.74, 6) is 0.134. The van der Waals surface area contributed by atoms with Crippen LogP contribution in [0.2, 0.25) is 0 Å². The second-order valence-corrected chi connectivity index (χ2v) is 10.2. The molecular formula is C25H36FN3O5S. The highest BCUT2D eigenvalue weighted by molar-refractivity contribution is 7.89. The summed E-state index contributed by atoms with van der Waals surface area (Å²) < 4.78 is 54.0. The Morgan fingerprint density at radius 3 is 2.54 bits per heavy atom. The number of nitrogens with one attached hydrogen (secondary N) is 1. The molecule has 8 nitrogen and oxygen atoms in total. The van der Waals surface area contributed by atoms with Crippen LogP contribution in [-0.2, 0) is 21.3 Å². The number of nitrogens with zero attached hydrogens (tertiary/aromatic N) is 2. The zero-order chi connectivity index (χ0) is 25.3. The van der Waals surface area contributed by atoms with Gasteiger partial charge >= 0.3 is 0 Å². The van der Waals surface area contributed by atoms with Crippen LogP contribution in [-0.4, -0.2) is 77.1 Å². The molecule has 0 spiro atoms. The molecule has 0 aromatic heterocycles. The third kappa shape index (κ3) is 7.88. The molecule has 3 rings (SSSR count). The van der Waals surface area contributed by atoms with E-state index < -0.39 is 15.8 Å². The Morgan fingerprint density at radius 1 is 1.14 bits per heavy atom. The van der Waals surface area contributed by atoms with Crippen LogP contribution in [0, 0.1) is 5.82 Å². The number of halogens is 1. The lowest BCUT2D eigenvalue weighted by Crippen LogP contribution is -2.27. The standard InChI is InChI=1S/C25H36FN3O5S/c1-3-28(4-2)13-15-33-21-7-5-20(6-8-21)18-27-35(31,32)23-9-10-25(24(26)17-23)29-12-11-22(19-29)34-16-14-30/h5-10,17,22,27,30H,3-4,11-16,18-19H2,1-2H3. The fourth-order valence-electron chi connectivity index (χ4n) is 4.01. The predicted octanol–water partition coefficient (Wildman–Crippen LogP) is 2.61. The van der Waals surface area contributed by atoms with Crippen molar-refractivity contribution in [3.8, 4) is 5.75 Å². The molecule has 1 aliphatic rings. The number of rotatable bonds is 14. The highest BCUT2D eigenvalue weighted by Gasteiger charge is 2.26. The van der Waals surface area contributed by atoms with E-state index in [1.165, 1.54) is 12.1 Å². The number of hydrogen-bond donors (Lipinski definition) is 2. The summed E-state index contributed by atoms with van der Waals surface area (Å²) in [5, 5.41) is 8.88. The van der Waals surface area contributed by atoms with Crippen LogP contribution in [0.15, 0.2) is 47.4 Å². The van der Waals surface area contributed by atoms with Crippen molar-refractivity contribution < 1.29 is 27.4 Å². The van der Waals surface area contributed by atoms with E-state index in [2.05, 4.69) is 23.5 Å². The lowest BCUT2D eigenvalue weighted by atomic mass is 10.2. The summed E-state index contributed by atoms with van der Waals surface area (Å²) in [6.07, 6.45) is 0.645. The van der Waals surface area contributed by atoms with Crippen molar-refractivity contribution in [1.29, 1.82) is 0 Å². The highest BCUT2D eigenvalue weighted by Crippen LogP contribution is 2.27. The number of hydrogen-bond acceptors (Lipinski definition) is 7. The van der Waals surface area contributed by atoms with Crippen molar-refractivity contribution in [2.24, 2.45) is 0 Å². The maximum absolute atomic E-state index is 14.8. The molecule has 0 radical (unpaired) electrons. The Kier molecular flexibility index (Phi) is 10.3. The van der Waals surface area contributed by atoms with Crippen LogP contribution in [0.3, 0.4) is 0 Å². The summed E-state index contributed by atoms with van der Waals surface area (Å²) in [7, 11) is -3.88. The lowest BCUT2D eigenvalue weighted by molar-refractivity contribution is 0.0411. The first kappa shape index (κ1) is 27.3. The smallest absolute Gasteiger partial charge is 0.240 e. The molecule has 2 aromatic rings. The van der Waals surface area contributed by atoms with Crippen molar-refractivity contribution in [2.45, 2.75) is 37.8 Å². The Morgan fingerprint density at radius 2 is 1.89 bits per heavy atom. The van der Waals surface area contributed by atoms with Crippen LogP contribution in [0.1, 0.15) is 25.8 Å². The van der Waals surface area contributed by atoms with Crippen molar-refractivity contribution in [3.63, 3.8) is 0 Å². The van der Waals surface area contributed by atoms with Gasteiger partial charge in [0.1, 0.15) is 18.2 Å². The molecule has 0 amide bonds. The van der Waals surface area contributed by atoms with Gasteiger partial charge in [-0.15, -0.1) is 0 Å². The van der Waals surface area contributed by atoms with Crippen molar-refractivity contribution in [1.82, 2.24) is 9.62 Å². The van der Waals surface area contributed by atoms with Gasteiger partial charge in [0.05, 0.1) is 29.9 Å². The molecule has 0 saturated carbocycles. The van der Waals surface area contributed by atoms with Crippen molar-refractivity contribution in [3.05, 3.63) is 53.8 Å². The minimum Gasteiger partial charge on any atom is -0.492 e. The van der Waals surface area contributed by atoms with E-state index in [0.717, 1.165) is 43.4 Å². The van der Waals surface area contributed by atoms with Gasteiger partial charge in [0.2, 0.25) is 10.0 Å². The molecule has 1 heterocycles. The number of ether oxygens (including phenoxy) is 2. The molecule has 0 aliphatic carbocycles. The Bertz CT molecular complexity index is 1030. The minimum atomic E-state index is -3.88. The zero-order valence-corrected chi connectivity index (χ0v) is 21.3. The molecule has 2 aromatic carbocycles. The molecule has 1 saturated heterocycles. The van der Waals surface area contributed by atoms with Crippen LogP contribution < -0.4 is 14.4 Å². The van der Waals surface area contributed by atoms with Crippen LogP contribution >= 0.6 is 0 Å². The number of aliphatic hydroxyl groups is 1. The van der Waals surface area contributed by atoms with Crippen molar-refractivity contribution >= 4 is 15.7 Å². The van der Waals surface area contributed by atoms with E-state index in [0.29, 0.717) is 25.4 Å². The topological polar surface area (TPSA) is 91.3 Å². The monoisotopic (exact) mass is 509 g/mol. The van der Waals surface area contributed by atoms with Crippen LogP contribution in [0.25, 0.3) is 0 Å². The molecule has 1 atom stereocenters. The average Bonchev–Trinajstić information content (AvgIpc) is 3.33. The molecule has 0 bridgehead atoms. The Labute approximate surface area is 207 Å². The molecule has 35 heavy (non-hydrogen) atoms. The fraction of sp³-hybridized carbons (Fsp3) is 0.520. The van der Waals surface area contributed by atoms with Crippen LogP contribution in [0.5, 0.6) is 5.75 Å². The quantitative estimate of drug-likeness (QED) is 0.405. The van der Waals surface area contributed by atoms with Gasteiger partial charge < -0.3 is 24.4 Å². The van der Waals surface area contributed by atoms with Gasteiger partial charge in [-0.25, -0.2) is 17.5 Å². The number of anilines is 1. The van der Waals surface area contributed by atoms with Gasteiger partial charge in [-0.1, -0.05) is 26.0 Å². The summed E-state index contributed by atoms with van der Waals surface area (Å²) in [5.41, 5.74) is 1.11. The van der Waals surface area contributed by atoms with E-state index in [1.54, 1.807) is 0 Å². The molecule has 10 heteroatoms. The first-order chi connectivity index (χ1) is 16.9. The summed E-state index contributed by atoms with van der Waals surface area (Å²) >= 11 is 0. The fourth-order valence-corrected chi connectivity index (χ4v) is 5.04. The van der Waals surface area contributed by atoms with E-state index in [1.807, 2.05) is 29.2 Å². The Balaban J connectivity index is 1.53. The van der Waals surface area contributed by atoms with Gasteiger partial charge in [0.25, 0.3) is 0 Å². The third-order valence-electron chi connectivity index (χ3n) is 6.12. The molecule has 2 N–H and O–H groups in total. The second kappa shape index (κ2) is 13.2. The van der Waals surface area contributed by atoms with Gasteiger partial charge in [-0.05, 0) is 55.4 Å². The van der Waals surface area contributed by atoms with Gasteiger partial charge in [-0.3, -0.25) is 0 Å². The lowest BCUT2D eigenvalue weighted by Gasteiger charge is -2.20. The molecule has 1 unspecified atom stereocenters. The number of likely N-dealkylation sites (N-methyl/N-ethyl adjacent to an activating group) is 1. The molecule has 1 fully saturated rings. The van der Waals surface area contributed by atoms with E-state index in [-0.39, 0.29) is 30.8 Å². The SMILES string of the molecule is CCN(CC)CCOc1ccc(CNS(=O)(=O)c2ccc(N3CCC(OCCO)C3)c(F)c2)cc1. The van der Waals surface area contributed by atoms with Gasteiger partial charge in [-0.2, -0.15) is 0 Å². The maximum atomic E-state index is 14.8. The van der Waals surface area contributed by atoms with Crippen LogP contribution in [0.4, 0.5) is 10.1 Å². The average molecular weight is 510 g/mol. The van der Waals surface area contributed by atoms with E-state index in [4.69, 9.17) is 14.6 Å². The number of benzene rings is 2. The largest absolute Gasteiger partial charge is 0.492 e. The van der Waals surface area contributed by atoms with Gasteiger partial charge in [0.15, 0.2) is 0 Å². The molecule has 1 aliphatic heterocycles. The first-order valence-electron chi connectivity index (χ1n) is 12.1. The Hall–Kier alpha value is -2.24. The number of sulfonamides is 1. The maximum Gasteiger partial charge on any atom is 0.240 e. The minimum absolute atomic E-state index is 0.0563. The third-order valence-corrected chi connectivity index (χ3v) is 7.52. The highest BCUT2D eigenvalue weighted by atomic mass is 32.2. The zero-order valence-electron chi connectivity index (χ0n) is 20.5. The first-order valence-corrected chi connectivity index (χ1v) is 13.5. The van der Waals surface area contributed by atoms with E-state index in [9.17, 15) is 12.8 Å². The second-order valence-electron chi connectivity index (χ2n) is 8.41. The summed E-state index contributed by atoms with van der Waals surface area (Å²) in [6, 6.07) is 11.2. The van der Waals surface area contributed by atoms with Crippen molar-refractivity contribution in [2.75, 3.05) is 57.4 Å². The molecule has 194 valence electrons.